The molecule has 0 radical (unpaired) electrons. The molecule has 0 unspecified atom stereocenters. The van der Waals surface area contributed by atoms with E-state index in [0.29, 0.717) is 0 Å². The number of methoxy groups -OCH3 is 1. The van der Waals surface area contributed by atoms with E-state index < -0.39 is 0 Å². The molecule has 0 aromatic heterocycles. The lowest BCUT2D eigenvalue weighted by Crippen LogP contribution is -1.70. The number of ether oxygens (including phenoxy) is 1. The number of hydrogen-bond donors (Lipinski definition) is 0. The van der Waals surface area contributed by atoms with Crippen molar-refractivity contribution in [1.82, 2.24) is 0 Å². The van der Waals surface area contributed by atoms with Crippen molar-refractivity contribution in [3.63, 3.8) is 0 Å². The molecule has 1 aromatic rings. The van der Waals surface area contributed by atoms with Crippen LogP contribution in [0.5, 0.6) is 0 Å². The van der Waals surface area contributed by atoms with E-state index in [-0.39, 0.29) is 0 Å². The van der Waals surface area contributed by atoms with Crippen molar-refractivity contribution < 1.29 is 4.74 Å². The van der Waals surface area contributed by atoms with E-state index in [1.165, 1.54) is 11.1 Å². The summed E-state index contributed by atoms with van der Waals surface area (Å²) in [5.74, 6) is 0. The first-order valence-corrected chi connectivity index (χ1v) is 3.64. The summed E-state index contributed by atoms with van der Waals surface area (Å²) < 4.78 is 4.25. The van der Waals surface area contributed by atoms with Gasteiger partial charge in [-0.25, -0.2) is 0 Å². The second-order valence-corrected chi connectivity index (χ2v) is 2.56. The Balaban J connectivity index is 0.000000292. The van der Waals surface area contributed by atoms with E-state index in [1.54, 1.807) is 14.2 Å². The Kier molecular flexibility index (Phi) is 5.49. The number of benzene rings is 1. The lowest BCUT2D eigenvalue weighted by molar-refractivity contribution is 0.277. The third kappa shape index (κ3) is 5.62. The Morgan fingerprint density at radius 3 is 1.18 bits per heavy atom. The Morgan fingerprint density at radius 2 is 1.00 bits per heavy atom. The Labute approximate surface area is 69.0 Å². The lowest BCUT2D eigenvalue weighted by Gasteiger charge is -1.90. The van der Waals surface area contributed by atoms with Gasteiger partial charge in [0.15, 0.2) is 0 Å². The van der Waals surface area contributed by atoms with Crippen molar-refractivity contribution in [3.05, 3.63) is 35.4 Å². The highest BCUT2D eigenvalue weighted by atomic mass is 16.4. The van der Waals surface area contributed by atoms with Gasteiger partial charge in [-0.2, -0.15) is 0 Å². The summed E-state index contributed by atoms with van der Waals surface area (Å²) in [5.41, 5.74) is 2.66. The number of rotatable bonds is 0. The molecule has 1 nitrogen and oxygen atoms in total. The molecule has 0 saturated heterocycles. The Bertz CT molecular complexity index is 156. The summed E-state index contributed by atoms with van der Waals surface area (Å²) >= 11 is 0. The zero-order chi connectivity index (χ0) is 8.69. The summed E-state index contributed by atoms with van der Waals surface area (Å²) in [5, 5.41) is 0. The molecule has 0 aliphatic heterocycles. The van der Waals surface area contributed by atoms with E-state index in [0.717, 1.165) is 0 Å². The van der Waals surface area contributed by atoms with E-state index in [9.17, 15) is 0 Å². The Morgan fingerprint density at radius 1 is 0.818 bits per heavy atom. The van der Waals surface area contributed by atoms with Crippen LogP contribution in [0, 0.1) is 13.8 Å². The van der Waals surface area contributed by atoms with Crippen LogP contribution in [0.3, 0.4) is 0 Å². The topological polar surface area (TPSA) is 9.23 Å². The smallest absolute Gasteiger partial charge is 0.0351 e. The van der Waals surface area contributed by atoms with Crippen LogP contribution in [0.1, 0.15) is 11.1 Å². The summed E-state index contributed by atoms with van der Waals surface area (Å²) in [6.45, 7) is 4.19. The fourth-order valence-corrected chi connectivity index (χ4v) is 0.637. The second-order valence-electron chi connectivity index (χ2n) is 2.56. The van der Waals surface area contributed by atoms with Gasteiger partial charge in [-0.1, -0.05) is 35.4 Å². The fraction of sp³-hybridized carbons (Fsp3) is 0.400. The monoisotopic (exact) mass is 152 g/mol. The molecule has 1 rings (SSSR count). The minimum absolute atomic E-state index is 1.33. The van der Waals surface area contributed by atoms with Crippen LogP contribution >= 0.6 is 0 Å². The summed E-state index contributed by atoms with van der Waals surface area (Å²) in [6.07, 6.45) is 0. The molecule has 0 heterocycles. The minimum atomic E-state index is 1.33. The average molecular weight is 152 g/mol. The number of hydrogen-bond acceptors (Lipinski definition) is 1. The SMILES string of the molecule is COC.Cc1ccc(C)cc1. The molecule has 1 heteroatoms. The molecule has 0 N–H and O–H groups in total. The van der Waals surface area contributed by atoms with Gasteiger partial charge in [0.25, 0.3) is 0 Å². The second kappa shape index (κ2) is 5.93. The van der Waals surface area contributed by atoms with Gasteiger partial charge in [-0.05, 0) is 13.8 Å². The molecule has 0 spiro atoms. The molecular formula is C10H16O. The summed E-state index contributed by atoms with van der Waals surface area (Å²) in [7, 11) is 3.25. The highest BCUT2D eigenvalue weighted by Gasteiger charge is 1.79. The van der Waals surface area contributed by atoms with Gasteiger partial charge in [0.2, 0.25) is 0 Å². The van der Waals surface area contributed by atoms with Gasteiger partial charge in [-0.3, -0.25) is 0 Å². The molecule has 11 heavy (non-hydrogen) atoms. The average Bonchev–Trinajstić information content (AvgIpc) is 1.97. The van der Waals surface area contributed by atoms with Gasteiger partial charge >= 0.3 is 0 Å². The van der Waals surface area contributed by atoms with Gasteiger partial charge in [0, 0.05) is 14.2 Å². The highest BCUT2D eigenvalue weighted by Crippen LogP contribution is 1.99. The molecule has 0 aliphatic rings. The zero-order valence-electron chi connectivity index (χ0n) is 7.72. The van der Waals surface area contributed by atoms with Crippen LogP contribution in [-0.4, -0.2) is 14.2 Å². The zero-order valence-corrected chi connectivity index (χ0v) is 7.72. The van der Waals surface area contributed by atoms with Gasteiger partial charge in [0.1, 0.15) is 0 Å². The third-order valence-electron chi connectivity index (χ3n) is 1.22. The predicted molar refractivity (Wildman–Crippen MR) is 48.8 cm³/mol. The van der Waals surface area contributed by atoms with Crippen LogP contribution in [-0.2, 0) is 4.74 Å². The van der Waals surface area contributed by atoms with Crippen molar-refractivity contribution in [2.75, 3.05) is 14.2 Å². The van der Waals surface area contributed by atoms with Gasteiger partial charge in [0.05, 0.1) is 0 Å². The predicted octanol–water partition coefficient (Wildman–Crippen LogP) is 2.57. The van der Waals surface area contributed by atoms with Crippen LogP contribution in [0.2, 0.25) is 0 Å². The maximum absolute atomic E-state index is 4.25. The molecular weight excluding hydrogens is 136 g/mol. The van der Waals surface area contributed by atoms with E-state index in [4.69, 9.17) is 0 Å². The van der Waals surface area contributed by atoms with Gasteiger partial charge in [-0.15, -0.1) is 0 Å². The summed E-state index contributed by atoms with van der Waals surface area (Å²) in [6, 6.07) is 8.48. The molecule has 0 saturated carbocycles. The maximum atomic E-state index is 4.25. The van der Waals surface area contributed by atoms with E-state index >= 15 is 0 Å². The van der Waals surface area contributed by atoms with E-state index in [1.807, 2.05) is 0 Å². The van der Waals surface area contributed by atoms with Crippen LogP contribution in [0.4, 0.5) is 0 Å². The number of aryl methyl sites for hydroxylation is 2. The highest BCUT2D eigenvalue weighted by molar-refractivity contribution is 5.19. The largest absolute Gasteiger partial charge is 0.388 e. The summed E-state index contributed by atoms with van der Waals surface area (Å²) in [4.78, 5) is 0. The first-order chi connectivity index (χ1) is 5.20. The van der Waals surface area contributed by atoms with Crippen LogP contribution in [0.25, 0.3) is 0 Å². The van der Waals surface area contributed by atoms with Crippen molar-refractivity contribution in [2.45, 2.75) is 13.8 Å². The third-order valence-corrected chi connectivity index (χ3v) is 1.22. The van der Waals surface area contributed by atoms with Crippen LogP contribution < -0.4 is 0 Å². The van der Waals surface area contributed by atoms with Gasteiger partial charge < -0.3 is 4.74 Å². The molecule has 62 valence electrons. The van der Waals surface area contributed by atoms with Crippen molar-refractivity contribution >= 4 is 0 Å². The molecule has 0 aliphatic carbocycles. The first-order valence-electron chi connectivity index (χ1n) is 3.64. The van der Waals surface area contributed by atoms with Crippen molar-refractivity contribution in [3.8, 4) is 0 Å². The fourth-order valence-electron chi connectivity index (χ4n) is 0.637. The molecule has 0 amide bonds. The van der Waals surface area contributed by atoms with Crippen LogP contribution in [0.15, 0.2) is 24.3 Å². The van der Waals surface area contributed by atoms with Crippen molar-refractivity contribution in [1.29, 1.82) is 0 Å². The molecule has 0 atom stereocenters. The van der Waals surface area contributed by atoms with Crippen molar-refractivity contribution in [2.24, 2.45) is 0 Å². The minimum Gasteiger partial charge on any atom is -0.388 e. The Hall–Kier alpha value is -0.820. The standard InChI is InChI=1S/C8H10.C2H6O/c1-7-3-5-8(2)6-4-7;1-3-2/h3-6H,1-2H3;1-2H3. The molecule has 0 fully saturated rings. The molecule has 0 bridgehead atoms. The maximum Gasteiger partial charge on any atom is 0.0351 e. The molecule has 1 aromatic carbocycles. The lowest BCUT2D eigenvalue weighted by atomic mass is 10.2. The quantitative estimate of drug-likeness (QED) is 0.555. The normalized spacial score (nSPS) is 8.36. The first kappa shape index (κ1) is 10.2. The van der Waals surface area contributed by atoms with E-state index in [2.05, 4.69) is 42.8 Å².